The number of ether oxygens (including phenoxy) is 1. The van der Waals surface area contributed by atoms with E-state index < -0.39 is 4.92 Å². The van der Waals surface area contributed by atoms with Gasteiger partial charge >= 0.3 is 5.69 Å². The fourth-order valence-corrected chi connectivity index (χ4v) is 1.63. The molecule has 0 atom stereocenters. The van der Waals surface area contributed by atoms with Crippen molar-refractivity contribution in [2.75, 3.05) is 12.4 Å². The summed E-state index contributed by atoms with van der Waals surface area (Å²) in [5.74, 6) is 0.508. The Kier molecular flexibility index (Phi) is 3.82. The number of nitriles is 1. The summed E-state index contributed by atoms with van der Waals surface area (Å²) in [4.78, 5) is 10.4. The highest BCUT2D eigenvalue weighted by atomic mass is 16.6. The largest absolute Gasteiger partial charge is 0.450 e. The molecule has 0 heterocycles. The van der Waals surface area contributed by atoms with Crippen LogP contribution in [0.25, 0.3) is 0 Å². The van der Waals surface area contributed by atoms with Crippen molar-refractivity contribution in [3.8, 4) is 17.6 Å². The molecule has 0 unspecified atom stereocenters. The van der Waals surface area contributed by atoms with E-state index in [9.17, 15) is 10.1 Å². The molecule has 0 radical (unpaired) electrons. The molecule has 20 heavy (non-hydrogen) atoms. The first-order chi connectivity index (χ1) is 9.63. The van der Waals surface area contributed by atoms with Crippen molar-refractivity contribution < 1.29 is 9.66 Å². The zero-order chi connectivity index (χ0) is 14.5. The maximum absolute atomic E-state index is 10.9. The lowest BCUT2D eigenvalue weighted by Gasteiger charge is -2.07. The van der Waals surface area contributed by atoms with E-state index in [1.54, 1.807) is 31.3 Å². The van der Waals surface area contributed by atoms with Crippen LogP contribution in [0.1, 0.15) is 5.56 Å². The van der Waals surface area contributed by atoms with Gasteiger partial charge in [-0.15, -0.1) is 0 Å². The smallest absolute Gasteiger partial charge is 0.311 e. The lowest BCUT2D eigenvalue weighted by atomic mass is 10.2. The van der Waals surface area contributed by atoms with Crippen molar-refractivity contribution in [3.05, 3.63) is 58.1 Å². The predicted molar refractivity (Wildman–Crippen MR) is 73.9 cm³/mol. The summed E-state index contributed by atoms with van der Waals surface area (Å²) in [5, 5.41) is 22.7. The molecule has 0 amide bonds. The van der Waals surface area contributed by atoms with Gasteiger partial charge in [0.2, 0.25) is 5.75 Å². The van der Waals surface area contributed by atoms with Gasteiger partial charge in [0, 0.05) is 24.9 Å². The minimum absolute atomic E-state index is 0.0475. The Morgan fingerprint density at radius 3 is 2.50 bits per heavy atom. The molecule has 0 saturated carbocycles. The van der Waals surface area contributed by atoms with Gasteiger partial charge in [0.25, 0.3) is 0 Å². The van der Waals surface area contributed by atoms with E-state index in [-0.39, 0.29) is 11.4 Å². The maximum Gasteiger partial charge on any atom is 0.311 e. The summed E-state index contributed by atoms with van der Waals surface area (Å²) in [5.41, 5.74) is 1.02. The molecule has 0 spiro atoms. The number of hydrogen-bond acceptors (Lipinski definition) is 5. The Bertz CT molecular complexity index is 675. The average molecular weight is 269 g/mol. The van der Waals surface area contributed by atoms with Gasteiger partial charge in [-0.3, -0.25) is 10.1 Å². The van der Waals surface area contributed by atoms with Crippen molar-refractivity contribution in [2.24, 2.45) is 0 Å². The Morgan fingerprint density at radius 1 is 1.25 bits per heavy atom. The van der Waals surface area contributed by atoms with Gasteiger partial charge in [-0.1, -0.05) is 0 Å². The molecular formula is C14H11N3O3. The highest BCUT2D eigenvalue weighted by Gasteiger charge is 2.16. The molecule has 6 heteroatoms. The van der Waals surface area contributed by atoms with Crippen molar-refractivity contribution in [3.63, 3.8) is 0 Å². The standard InChI is InChI=1S/C14H11N3O3/c1-16-11-3-5-12(6-4-11)20-14-8-10(9-15)2-7-13(14)17(18)19/h2-8,16H,1H3. The maximum atomic E-state index is 10.9. The number of hydrogen-bond donors (Lipinski definition) is 1. The quantitative estimate of drug-likeness (QED) is 0.679. The number of nitro benzene ring substituents is 1. The van der Waals surface area contributed by atoms with Crippen molar-refractivity contribution >= 4 is 11.4 Å². The summed E-state index contributed by atoms with van der Waals surface area (Å²) < 4.78 is 5.49. The van der Waals surface area contributed by atoms with Gasteiger partial charge in [-0.05, 0) is 30.3 Å². The van der Waals surface area contributed by atoms with E-state index in [4.69, 9.17) is 10.00 Å². The third kappa shape index (κ3) is 2.84. The normalized spacial score (nSPS) is 9.60. The number of nitrogens with one attached hydrogen (secondary N) is 1. The van der Waals surface area contributed by atoms with Crippen LogP contribution < -0.4 is 10.1 Å². The first kappa shape index (κ1) is 13.4. The second kappa shape index (κ2) is 5.71. The third-order valence-corrected chi connectivity index (χ3v) is 2.66. The number of nitro groups is 1. The van der Waals surface area contributed by atoms with Gasteiger partial charge in [-0.25, -0.2) is 0 Å². The predicted octanol–water partition coefficient (Wildman–Crippen LogP) is 3.30. The summed E-state index contributed by atoms with van der Waals surface area (Å²) in [6.45, 7) is 0. The molecule has 0 aliphatic heterocycles. The van der Waals surface area contributed by atoms with E-state index >= 15 is 0 Å². The summed E-state index contributed by atoms with van der Waals surface area (Å²) >= 11 is 0. The molecule has 2 aromatic carbocycles. The fourth-order valence-electron chi connectivity index (χ4n) is 1.63. The summed E-state index contributed by atoms with van der Waals surface area (Å²) in [7, 11) is 1.79. The molecule has 2 aromatic rings. The highest BCUT2D eigenvalue weighted by molar-refractivity contribution is 5.54. The topological polar surface area (TPSA) is 88.2 Å². The van der Waals surface area contributed by atoms with Crippen LogP contribution in [0.15, 0.2) is 42.5 Å². The first-order valence-corrected chi connectivity index (χ1v) is 5.78. The minimum Gasteiger partial charge on any atom is -0.450 e. The van der Waals surface area contributed by atoms with Crippen LogP contribution in [0.3, 0.4) is 0 Å². The lowest BCUT2D eigenvalue weighted by molar-refractivity contribution is -0.385. The summed E-state index contributed by atoms with van der Waals surface area (Å²) in [6, 6.07) is 12.9. The minimum atomic E-state index is -0.543. The molecule has 0 aliphatic carbocycles. The number of nitrogens with zero attached hydrogens (tertiary/aromatic N) is 2. The van der Waals surface area contributed by atoms with E-state index in [2.05, 4.69) is 5.32 Å². The van der Waals surface area contributed by atoms with Gasteiger partial charge in [0.05, 0.1) is 16.6 Å². The van der Waals surface area contributed by atoms with Crippen molar-refractivity contribution in [1.82, 2.24) is 0 Å². The van der Waals surface area contributed by atoms with E-state index in [0.29, 0.717) is 11.3 Å². The van der Waals surface area contributed by atoms with Gasteiger partial charge in [0.1, 0.15) is 5.75 Å². The van der Waals surface area contributed by atoms with Crippen LogP contribution in [0.5, 0.6) is 11.5 Å². The summed E-state index contributed by atoms with van der Waals surface area (Å²) in [6.07, 6.45) is 0. The number of benzene rings is 2. The zero-order valence-electron chi connectivity index (χ0n) is 10.7. The molecule has 0 aromatic heterocycles. The first-order valence-electron chi connectivity index (χ1n) is 5.78. The molecule has 0 aliphatic rings. The molecule has 1 N–H and O–H groups in total. The Labute approximate surface area is 115 Å². The van der Waals surface area contributed by atoms with Gasteiger partial charge in [-0.2, -0.15) is 5.26 Å². The molecule has 0 saturated heterocycles. The van der Waals surface area contributed by atoms with Crippen LogP contribution in [0.4, 0.5) is 11.4 Å². The Balaban J connectivity index is 2.35. The van der Waals surface area contributed by atoms with E-state index in [0.717, 1.165) is 5.69 Å². The van der Waals surface area contributed by atoms with Crippen molar-refractivity contribution in [2.45, 2.75) is 0 Å². The molecule has 100 valence electrons. The number of anilines is 1. The number of rotatable bonds is 4. The highest BCUT2D eigenvalue weighted by Crippen LogP contribution is 2.32. The second-order valence-electron chi connectivity index (χ2n) is 3.93. The van der Waals surface area contributed by atoms with Crippen LogP contribution in [0.2, 0.25) is 0 Å². The second-order valence-corrected chi connectivity index (χ2v) is 3.93. The monoisotopic (exact) mass is 269 g/mol. The van der Waals surface area contributed by atoms with Crippen LogP contribution in [0, 0.1) is 21.4 Å². The molecule has 6 nitrogen and oxygen atoms in total. The SMILES string of the molecule is CNc1ccc(Oc2cc(C#N)ccc2[N+](=O)[O-])cc1. The molecular weight excluding hydrogens is 258 g/mol. The molecule has 2 rings (SSSR count). The van der Waals surface area contributed by atoms with Crippen LogP contribution >= 0.6 is 0 Å². The zero-order valence-corrected chi connectivity index (χ0v) is 10.7. The van der Waals surface area contributed by atoms with Crippen LogP contribution in [-0.2, 0) is 0 Å². The van der Waals surface area contributed by atoms with E-state index in [1.807, 2.05) is 6.07 Å². The van der Waals surface area contributed by atoms with Crippen molar-refractivity contribution in [1.29, 1.82) is 5.26 Å². The van der Waals surface area contributed by atoms with Gasteiger partial charge in [0.15, 0.2) is 0 Å². The Hall–Kier alpha value is -3.07. The van der Waals surface area contributed by atoms with Gasteiger partial charge < -0.3 is 10.1 Å². The molecule has 0 bridgehead atoms. The third-order valence-electron chi connectivity index (χ3n) is 2.66. The lowest BCUT2D eigenvalue weighted by Crippen LogP contribution is -1.94. The van der Waals surface area contributed by atoms with E-state index in [1.165, 1.54) is 18.2 Å². The molecule has 0 fully saturated rings. The average Bonchev–Trinajstić information content (AvgIpc) is 2.47. The van der Waals surface area contributed by atoms with Crippen LogP contribution in [-0.4, -0.2) is 12.0 Å². The fraction of sp³-hybridized carbons (Fsp3) is 0.0714. The Morgan fingerprint density at radius 2 is 1.95 bits per heavy atom.